The van der Waals surface area contributed by atoms with Crippen LogP contribution in [0, 0.1) is 11.6 Å². The molecule has 1 aliphatic rings. The molecule has 1 aliphatic heterocycles. The van der Waals surface area contributed by atoms with Crippen molar-refractivity contribution < 1.29 is 18.7 Å². The maximum atomic E-state index is 13.4. The van der Waals surface area contributed by atoms with E-state index in [4.69, 9.17) is 0 Å². The highest BCUT2D eigenvalue weighted by atomic mass is 19.1. The molecule has 0 radical (unpaired) electrons. The van der Waals surface area contributed by atoms with Gasteiger partial charge >= 0.3 is 0 Å². The number of nitrogens with zero attached hydrogens (tertiary/aromatic N) is 1. The number of piperidine rings is 1. The summed E-state index contributed by atoms with van der Waals surface area (Å²) >= 11 is 0. The van der Waals surface area contributed by atoms with Crippen LogP contribution in [-0.2, 0) is 11.2 Å². The number of amides is 1. The van der Waals surface area contributed by atoms with Crippen molar-refractivity contribution >= 4 is 5.91 Å². The van der Waals surface area contributed by atoms with Crippen LogP contribution in [0.2, 0.25) is 0 Å². The number of nitrogens with one attached hydrogen (secondary N) is 1. The zero-order chi connectivity index (χ0) is 15.2. The van der Waals surface area contributed by atoms with E-state index in [-0.39, 0.29) is 37.1 Å². The normalized spacial score (nSPS) is 16.9. The summed E-state index contributed by atoms with van der Waals surface area (Å²) in [5, 5.41) is 12.0. The lowest BCUT2D eigenvalue weighted by Gasteiger charge is -2.28. The summed E-state index contributed by atoms with van der Waals surface area (Å²) in [6.45, 7) is 1.84. The largest absolute Gasteiger partial charge is 0.393 e. The number of halogens is 2. The number of benzene rings is 1. The molecule has 6 heteroatoms. The predicted octanol–water partition coefficient (Wildman–Crippen LogP) is 1.08. The molecule has 0 spiro atoms. The van der Waals surface area contributed by atoms with E-state index < -0.39 is 11.6 Å². The Balaban J connectivity index is 1.72. The molecule has 1 heterocycles. The van der Waals surface area contributed by atoms with Crippen molar-refractivity contribution in [3.63, 3.8) is 0 Å². The first kappa shape index (κ1) is 15.9. The third-order valence-electron chi connectivity index (χ3n) is 3.68. The quantitative estimate of drug-likeness (QED) is 0.855. The van der Waals surface area contributed by atoms with Crippen molar-refractivity contribution in [1.82, 2.24) is 10.2 Å². The number of hydrogen-bond donors (Lipinski definition) is 2. The Hall–Kier alpha value is -1.53. The molecule has 0 saturated carbocycles. The maximum Gasteiger partial charge on any atom is 0.234 e. The fourth-order valence-corrected chi connectivity index (χ4v) is 2.43. The fourth-order valence-electron chi connectivity index (χ4n) is 2.43. The van der Waals surface area contributed by atoms with Gasteiger partial charge in [0.25, 0.3) is 0 Å². The van der Waals surface area contributed by atoms with E-state index in [0.717, 1.165) is 0 Å². The zero-order valence-electron chi connectivity index (χ0n) is 11.8. The zero-order valence-corrected chi connectivity index (χ0v) is 11.8. The molecule has 1 amide bonds. The van der Waals surface area contributed by atoms with E-state index in [1.807, 2.05) is 4.90 Å². The highest BCUT2D eigenvalue weighted by Gasteiger charge is 2.18. The predicted molar refractivity (Wildman–Crippen MR) is 74.8 cm³/mol. The van der Waals surface area contributed by atoms with Crippen LogP contribution in [-0.4, -0.2) is 48.2 Å². The lowest BCUT2D eigenvalue weighted by atomic mass is 10.1. The molecule has 2 N–H and O–H groups in total. The molecule has 21 heavy (non-hydrogen) atoms. The first-order valence-electron chi connectivity index (χ1n) is 7.16. The van der Waals surface area contributed by atoms with Crippen LogP contribution in [0.1, 0.15) is 18.4 Å². The first-order chi connectivity index (χ1) is 10.1. The van der Waals surface area contributed by atoms with Crippen LogP contribution >= 0.6 is 0 Å². The molecule has 1 saturated heterocycles. The van der Waals surface area contributed by atoms with E-state index >= 15 is 0 Å². The number of carbonyl (C=O) groups excluding carboxylic acids is 1. The Labute approximate surface area is 122 Å². The van der Waals surface area contributed by atoms with Crippen LogP contribution in [0.25, 0.3) is 0 Å². The molecule has 0 atom stereocenters. The van der Waals surface area contributed by atoms with Crippen molar-refractivity contribution in [3.8, 4) is 0 Å². The molecule has 0 aliphatic carbocycles. The smallest absolute Gasteiger partial charge is 0.234 e. The minimum Gasteiger partial charge on any atom is -0.393 e. The summed E-state index contributed by atoms with van der Waals surface area (Å²) in [5.74, 6) is -1.34. The van der Waals surface area contributed by atoms with Crippen LogP contribution < -0.4 is 5.32 Å². The summed E-state index contributed by atoms with van der Waals surface area (Å²) in [7, 11) is 0. The lowest BCUT2D eigenvalue weighted by molar-refractivity contribution is -0.122. The maximum absolute atomic E-state index is 13.4. The molecule has 1 aromatic rings. The fraction of sp³-hybridized carbons (Fsp3) is 0.533. The molecule has 0 aromatic heterocycles. The minimum atomic E-state index is -0.589. The van der Waals surface area contributed by atoms with Gasteiger partial charge in [-0.1, -0.05) is 6.07 Å². The van der Waals surface area contributed by atoms with Crippen molar-refractivity contribution in [1.29, 1.82) is 0 Å². The Bertz CT molecular complexity index is 468. The molecule has 0 unspecified atom stereocenters. The number of rotatable bonds is 5. The minimum absolute atomic E-state index is 0.00102. The lowest BCUT2D eigenvalue weighted by Crippen LogP contribution is -2.43. The Morgan fingerprint density at radius 1 is 1.29 bits per heavy atom. The van der Waals surface area contributed by atoms with Crippen molar-refractivity contribution in [2.45, 2.75) is 25.4 Å². The topological polar surface area (TPSA) is 52.6 Å². The SMILES string of the molecule is O=C(CN1CCC(O)CC1)NCCc1c(F)cccc1F. The standard InChI is InChI=1S/C15H20F2N2O2/c16-13-2-1-3-14(17)12(13)4-7-18-15(21)10-19-8-5-11(20)6-9-19/h1-3,11,20H,4-10H2,(H,18,21). The number of likely N-dealkylation sites (tertiary alicyclic amines) is 1. The van der Waals surface area contributed by atoms with Crippen LogP contribution in [0.4, 0.5) is 8.78 Å². The van der Waals surface area contributed by atoms with Gasteiger partial charge in [0.15, 0.2) is 0 Å². The molecule has 2 rings (SSSR count). The molecule has 4 nitrogen and oxygen atoms in total. The molecule has 1 fully saturated rings. The molecule has 116 valence electrons. The van der Waals surface area contributed by atoms with Gasteiger partial charge in [-0.05, 0) is 31.4 Å². The molecule has 1 aromatic carbocycles. The van der Waals surface area contributed by atoms with Gasteiger partial charge < -0.3 is 10.4 Å². The number of aliphatic hydroxyl groups is 1. The highest BCUT2D eigenvalue weighted by molar-refractivity contribution is 5.78. The van der Waals surface area contributed by atoms with Gasteiger partial charge in [0.1, 0.15) is 11.6 Å². The molecular weight excluding hydrogens is 278 g/mol. The van der Waals surface area contributed by atoms with Gasteiger partial charge in [-0.25, -0.2) is 8.78 Å². The van der Waals surface area contributed by atoms with Gasteiger partial charge in [-0.3, -0.25) is 9.69 Å². The van der Waals surface area contributed by atoms with E-state index in [0.29, 0.717) is 25.9 Å². The monoisotopic (exact) mass is 298 g/mol. The second-order valence-electron chi connectivity index (χ2n) is 5.31. The first-order valence-corrected chi connectivity index (χ1v) is 7.16. The highest BCUT2D eigenvalue weighted by Crippen LogP contribution is 2.12. The van der Waals surface area contributed by atoms with Crippen molar-refractivity contribution in [2.75, 3.05) is 26.2 Å². The average Bonchev–Trinajstić information content (AvgIpc) is 2.45. The van der Waals surface area contributed by atoms with Crippen LogP contribution in [0.3, 0.4) is 0 Å². The number of aliphatic hydroxyl groups excluding tert-OH is 1. The summed E-state index contributed by atoms with van der Waals surface area (Å²) < 4.78 is 26.8. The Morgan fingerprint density at radius 2 is 1.90 bits per heavy atom. The summed E-state index contributed by atoms with van der Waals surface area (Å²) in [6.07, 6.45) is 1.21. The molecule has 0 bridgehead atoms. The van der Waals surface area contributed by atoms with Crippen LogP contribution in [0.5, 0.6) is 0 Å². The number of carbonyl (C=O) groups is 1. The van der Waals surface area contributed by atoms with E-state index in [2.05, 4.69) is 5.32 Å². The third kappa shape index (κ3) is 4.75. The Morgan fingerprint density at radius 3 is 2.52 bits per heavy atom. The van der Waals surface area contributed by atoms with Gasteiger partial charge in [0.05, 0.1) is 12.6 Å². The van der Waals surface area contributed by atoms with Crippen molar-refractivity contribution in [3.05, 3.63) is 35.4 Å². The van der Waals surface area contributed by atoms with E-state index in [1.54, 1.807) is 0 Å². The van der Waals surface area contributed by atoms with Crippen LogP contribution in [0.15, 0.2) is 18.2 Å². The van der Waals surface area contributed by atoms with E-state index in [1.165, 1.54) is 18.2 Å². The summed E-state index contributed by atoms with van der Waals surface area (Å²) in [5.41, 5.74) is -0.00102. The third-order valence-corrected chi connectivity index (χ3v) is 3.68. The van der Waals surface area contributed by atoms with Gasteiger partial charge in [0.2, 0.25) is 5.91 Å². The van der Waals surface area contributed by atoms with E-state index in [9.17, 15) is 18.7 Å². The second-order valence-corrected chi connectivity index (χ2v) is 5.31. The van der Waals surface area contributed by atoms with Gasteiger partial charge in [-0.2, -0.15) is 0 Å². The summed E-state index contributed by atoms with van der Waals surface area (Å²) in [6, 6.07) is 3.73. The van der Waals surface area contributed by atoms with Gasteiger partial charge in [-0.15, -0.1) is 0 Å². The number of hydrogen-bond acceptors (Lipinski definition) is 3. The average molecular weight is 298 g/mol. The van der Waals surface area contributed by atoms with Crippen molar-refractivity contribution in [2.24, 2.45) is 0 Å². The second kappa shape index (κ2) is 7.47. The molecular formula is C15H20F2N2O2. The summed E-state index contributed by atoms with van der Waals surface area (Å²) in [4.78, 5) is 13.7. The Kier molecular flexibility index (Phi) is 5.64. The van der Waals surface area contributed by atoms with Gasteiger partial charge in [0, 0.05) is 25.2 Å².